The smallest absolute Gasteiger partial charge is 0.307 e. The van der Waals surface area contributed by atoms with Crippen molar-refractivity contribution in [2.45, 2.75) is 12.8 Å². The molecular formula is C6H13FN4O2. The molecule has 0 aliphatic carbocycles. The summed E-state index contributed by atoms with van der Waals surface area (Å²) in [6.07, 6.45) is -0.0672. The largest absolute Gasteiger partial charge is 0.481 e. The highest BCUT2D eigenvalue weighted by Gasteiger charge is 2.19. The quantitative estimate of drug-likeness (QED) is 0.196. The van der Waals surface area contributed by atoms with Crippen molar-refractivity contribution >= 4 is 11.8 Å². The van der Waals surface area contributed by atoms with E-state index in [4.69, 9.17) is 16.8 Å². The van der Waals surface area contributed by atoms with Crippen LogP contribution in [0.5, 0.6) is 0 Å². The average molecular weight is 192 g/mol. The Kier molecular flexibility index (Phi) is 5.53. The Morgan fingerprint density at radius 2 is 2.31 bits per heavy atom. The van der Waals surface area contributed by atoms with Crippen LogP contribution in [0.4, 0.5) is 4.39 Å². The second-order valence-corrected chi connectivity index (χ2v) is 2.44. The van der Waals surface area contributed by atoms with Gasteiger partial charge in [0.25, 0.3) is 0 Å². The molecule has 7 heteroatoms. The number of carbonyl (C=O) groups is 1. The molecule has 0 spiro atoms. The second kappa shape index (κ2) is 6.18. The molecule has 0 aromatic rings. The van der Waals surface area contributed by atoms with Crippen LogP contribution in [0.2, 0.25) is 0 Å². The van der Waals surface area contributed by atoms with Gasteiger partial charge in [-0.3, -0.25) is 9.18 Å². The van der Waals surface area contributed by atoms with Crippen LogP contribution in [0.15, 0.2) is 5.10 Å². The normalized spacial score (nSPS) is 13.8. The monoisotopic (exact) mass is 192 g/mol. The lowest BCUT2D eigenvalue weighted by molar-refractivity contribution is -0.141. The number of nitrogens with one attached hydrogen (secondary N) is 1. The van der Waals surface area contributed by atoms with E-state index < -0.39 is 18.6 Å². The van der Waals surface area contributed by atoms with Crippen LogP contribution in [-0.4, -0.2) is 23.6 Å². The first-order valence-electron chi connectivity index (χ1n) is 3.67. The van der Waals surface area contributed by atoms with E-state index in [-0.39, 0.29) is 18.7 Å². The lowest BCUT2D eigenvalue weighted by atomic mass is 10.0. The SMILES string of the molecule is N/N=C(/CC(CCF)C(=O)O)NN. The van der Waals surface area contributed by atoms with E-state index in [1.807, 2.05) is 0 Å². The van der Waals surface area contributed by atoms with Gasteiger partial charge in [-0.25, -0.2) is 5.84 Å². The molecule has 0 saturated carbocycles. The molecule has 76 valence electrons. The average Bonchev–Trinajstić information content (AvgIpc) is 2.11. The number of alkyl halides is 1. The zero-order valence-electron chi connectivity index (χ0n) is 7.03. The van der Waals surface area contributed by atoms with Crippen molar-refractivity contribution in [2.24, 2.45) is 22.7 Å². The predicted octanol–water partition coefficient (Wildman–Crippen LogP) is -0.828. The number of hydrogen-bond acceptors (Lipinski definition) is 4. The van der Waals surface area contributed by atoms with Gasteiger partial charge < -0.3 is 16.4 Å². The fraction of sp³-hybridized carbons (Fsp3) is 0.667. The molecule has 0 heterocycles. The first-order chi connectivity index (χ1) is 6.15. The van der Waals surface area contributed by atoms with E-state index in [0.717, 1.165) is 0 Å². The number of carboxylic acids is 1. The first kappa shape index (κ1) is 11.6. The van der Waals surface area contributed by atoms with Gasteiger partial charge in [-0.05, 0) is 6.42 Å². The summed E-state index contributed by atoms with van der Waals surface area (Å²) >= 11 is 0. The number of rotatable bonds is 5. The first-order valence-corrected chi connectivity index (χ1v) is 3.67. The van der Waals surface area contributed by atoms with Crippen molar-refractivity contribution in [1.82, 2.24) is 5.43 Å². The molecule has 0 aliphatic rings. The molecule has 0 amide bonds. The van der Waals surface area contributed by atoms with Crippen LogP contribution in [0, 0.1) is 5.92 Å². The van der Waals surface area contributed by atoms with Crippen LogP contribution in [0.25, 0.3) is 0 Å². The molecule has 1 atom stereocenters. The van der Waals surface area contributed by atoms with Gasteiger partial charge in [-0.2, -0.15) is 5.10 Å². The van der Waals surface area contributed by atoms with Gasteiger partial charge in [0.15, 0.2) is 0 Å². The highest BCUT2D eigenvalue weighted by molar-refractivity contribution is 5.85. The number of hydrazine groups is 1. The Morgan fingerprint density at radius 3 is 2.62 bits per heavy atom. The maximum atomic E-state index is 11.9. The lowest BCUT2D eigenvalue weighted by Crippen LogP contribution is -2.34. The van der Waals surface area contributed by atoms with Gasteiger partial charge in [0, 0.05) is 6.42 Å². The Labute approximate surface area is 74.8 Å². The van der Waals surface area contributed by atoms with Gasteiger partial charge in [0.1, 0.15) is 5.84 Å². The maximum Gasteiger partial charge on any atom is 0.307 e. The molecule has 0 rings (SSSR count). The van der Waals surface area contributed by atoms with Crippen LogP contribution in [0.1, 0.15) is 12.8 Å². The number of hydrogen-bond donors (Lipinski definition) is 4. The van der Waals surface area contributed by atoms with E-state index in [9.17, 15) is 9.18 Å². The molecule has 6 nitrogen and oxygen atoms in total. The van der Waals surface area contributed by atoms with Crippen molar-refractivity contribution in [3.8, 4) is 0 Å². The van der Waals surface area contributed by atoms with Crippen LogP contribution in [-0.2, 0) is 4.79 Å². The molecule has 0 radical (unpaired) electrons. The van der Waals surface area contributed by atoms with E-state index in [2.05, 4.69) is 10.5 Å². The van der Waals surface area contributed by atoms with Crippen LogP contribution < -0.4 is 17.1 Å². The molecule has 0 bridgehead atoms. The molecular weight excluding hydrogens is 179 g/mol. The number of aliphatic carboxylic acids is 1. The molecule has 0 aromatic carbocycles. The number of halogens is 1. The Hall–Kier alpha value is -1.37. The summed E-state index contributed by atoms with van der Waals surface area (Å²) in [6.45, 7) is -0.695. The third kappa shape index (κ3) is 4.26. The van der Waals surface area contributed by atoms with E-state index in [0.29, 0.717) is 0 Å². The fourth-order valence-electron chi connectivity index (χ4n) is 0.827. The van der Waals surface area contributed by atoms with Gasteiger partial charge >= 0.3 is 5.97 Å². The van der Waals surface area contributed by atoms with Gasteiger partial charge in [0.2, 0.25) is 0 Å². The molecule has 13 heavy (non-hydrogen) atoms. The molecule has 1 unspecified atom stereocenters. The van der Waals surface area contributed by atoms with E-state index >= 15 is 0 Å². The number of nitrogens with zero attached hydrogens (tertiary/aromatic N) is 1. The zero-order valence-corrected chi connectivity index (χ0v) is 7.03. The Morgan fingerprint density at radius 1 is 1.69 bits per heavy atom. The minimum absolute atomic E-state index is 0.00620. The number of carboxylic acid groups (broad SMARTS) is 1. The lowest BCUT2D eigenvalue weighted by Gasteiger charge is -2.10. The van der Waals surface area contributed by atoms with Crippen molar-refractivity contribution < 1.29 is 14.3 Å². The van der Waals surface area contributed by atoms with Crippen LogP contribution in [0.3, 0.4) is 0 Å². The van der Waals surface area contributed by atoms with E-state index in [1.165, 1.54) is 0 Å². The standard InChI is InChI=1S/C6H13FN4O2/c7-2-1-4(6(12)13)3-5(10-8)11-9/h4H,1-3,8-9H2,(H,10,11)(H,12,13). The minimum Gasteiger partial charge on any atom is -0.481 e. The third-order valence-corrected chi connectivity index (χ3v) is 1.57. The highest BCUT2D eigenvalue weighted by atomic mass is 19.1. The molecule has 0 saturated heterocycles. The topological polar surface area (TPSA) is 114 Å². The molecule has 0 fully saturated rings. The Balaban J connectivity index is 4.16. The second-order valence-electron chi connectivity index (χ2n) is 2.44. The summed E-state index contributed by atoms with van der Waals surface area (Å²) in [4.78, 5) is 10.5. The van der Waals surface area contributed by atoms with Crippen molar-refractivity contribution in [3.05, 3.63) is 0 Å². The summed E-state index contributed by atoms with van der Waals surface area (Å²) in [5.74, 6) is 8.07. The minimum atomic E-state index is -1.09. The third-order valence-electron chi connectivity index (χ3n) is 1.57. The number of hydrazone groups is 1. The van der Waals surface area contributed by atoms with Crippen molar-refractivity contribution in [2.75, 3.05) is 6.67 Å². The summed E-state index contributed by atoms with van der Waals surface area (Å²) in [5, 5.41) is 11.8. The zero-order chi connectivity index (χ0) is 10.3. The summed E-state index contributed by atoms with van der Waals surface area (Å²) in [6, 6.07) is 0. The molecule has 0 aliphatic heterocycles. The maximum absolute atomic E-state index is 11.9. The van der Waals surface area contributed by atoms with Gasteiger partial charge in [-0.1, -0.05) is 0 Å². The Bertz CT molecular complexity index is 197. The number of nitrogens with two attached hydrogens (primary N) is 2. The summed E-state index contributed by atoms with van der Waals surface area (Å²) in [7, 11) is 0. The molecule has 0 aromatic heterocycles. The summed E-state index contributed by atoms with van der Waals surface area (Å²) in [5.41, 5.74) is 2.13. The predicted molar refractivity (Wildman–Crippen MR) is 45.3 cm³/mol. The van der Waals surface area contributed by atoms with E-state index in [1.54, 1.807) is 0 Å². The number of amidine groups is 1. The van der Waals surface area contributed by atoms with Gasteiger partial charge in [0.05, 0.1) is 12.6 Å². The summed E-state index contributed by atoms with van der Waals surface area (Å²) < 4.78 is 11.9. The van der Waals surface area contributed by atoms with Gasteiger partial charge in [-0.15, -0.1) is 0 Å². The molecule has 6 N–H and O–H groups in total. The van der Waals surface area contributed by atoms with Crippen molar-refractivity contribution in [3.63, 3.8) is 0 Å². The van der Waals surface area contributed by atoms with Crippen LogP contribution >= 0.6 is 0 Å². The van der Waals surface area contributed by atoms with Crippen molar-refractivity contribution in [1.29, 1.82) is 0 Å². The highest BCUT2D eigenvalue weighted by Crippen LogP contribution is 2.09. The fourth-order valence-corrected chi connectivity index (χ4v) is 0.827.